The zero-order valence-electron chi connectivity index (χ0n) is 9.12. The minimum atomic E-state index is 0.642. The van der Waals surface area contributed by atoms with E-state index in [-0.39, 0.29) is 0 Å². The van der Waals surface area contributed by atoms with Crippen LogP contribution in [-0.2, 0) is 0 Å². The van der Waals surface area contributed by atoms with Crippen LogP contribution in [0.3, 0.4) is 0 Å². The predicted molar refractivity (Wildman–Crippen MR) is 58.4 cm³/mol. The first-order valence-corrected chi connectivity index (χ1v) is 4.94. The third kappa shape index (κ3) is 2.42. The number of nitrogens with two attached hydrogens (primary N) is 1. The van der Waals surface area contributed by atoms with Crippen LogP contribution in [0.1, 0.15) is 18.3 Å². The lowest BCUT2D eigenvalue weighted by atomic mass is 10.3. The van der Waals surface area contributed by atoms with E-state index < -0.39 is 0 Å². The highest BCUT2D eigenvalue weighted by Gasteiger charge is 2.08. The molecule has 0 aliphatic carbocycles. The van der Waals surface area contributed by atoms with E-state index >= 15 is 0 Å². The minimum absolute atomic E-state index is 0.642. The monoisotopic (exact) mass is 194 g/mol. The first kappa shape index (κ1) is 10.9. The molecule has 0 aliphatic heterocycles. The maximum atomic E-state index is 5.54. The zero-order chi connectivity index (χ0) is 10.6. The lowest BCUT2D eigenvalue weighted by molar-refractivity contribution is 0.788. The lowest BCUT2D eigenvalue weighted by Gasteiger charge is -2.22. The van der Waals surface area contributed by atoms with Gasteiger partial charge < -0.3 is 10.6 Å². The Labute approximate surface area is 85.2 Å². The molecule has 78 valence electrons. The van der Waals surface area contributed by atoms with E-state index in [1.807, 2.05) is 13.8 Å². The molecular formula is C10H18N4. The molecule has 1 rings (SSSR count). The molecule has 2 N–H and O–H groups in total. The summed E-state index contributed by atoms with van der Waals surface area (Å²) in [6.45, 7) is 8.40. The van der Waals surface area contributed by atoms with Crippen molar-refractivity contribution in [1.29, 1.82) is 0 Å². The summed E-state index contributed by atoms with van der Waals surface area (Å²) in [5, 5.41) is 0. The molecular weight excluding hydrogens is 176 g/mol. The largest absolute Gasteiger partial charge is 0.354 e. The van der Waals surface area contributed by atoms with E-state index in [9.17, 15) is 0 Å². The van der Waals surface area contributed by atoms with Gasteiger partial charge in [-0.25, -0.2) is 4.98 Å². The smallest absolute Gasteiger partial charge is 0.150 e. The van der Waals surface area contributed by atoms with Gasteiger partial charge in [-0.3, -0.25) is 4.98 Å². The van der Waals surface area contributed by atoms with Crippen molar-refractivity contribution in [3.63, 3.8) is 0 Å². The Hall–Kier alpha value is -1.16. The summed E-state index contributed by atoms with van der Waals surface area (Å²) >= 11 is 0. The number of hydrogen-bond acceptors (Lipinski definition) is 4. The standard InChI is InChI=1S/C10H18N4/c1-4-14(6-5-11)10-9(3)12-7-8(2)13-10/h7H,4-6,11H2,1-3H3. The highest BCUT2D eigenvalue weighted by Crippen LogP contribution is 2.14. The van der Waals surface area contributed by atoms with Crippen LogP contribution in [0.5, 0.6) is 0 Å². The Morgan fingerprint density at radius 3 is 2.71 bits per heavy atom. The Balaban J connectivity index is 2.96. The third-order valence-corrected chi connectivity index (χ3v) is 2.13. The van der Waals surface area contributed by atoms with Crippen LogP contribution in [0, 0.1) is 13.8 Å². The molecule has 1 heterocycles. The molecule has 0 saturated carbocycles. The van der Waals surface area contributed by atoms with Crippen molar-refractivity contribution in [1.82, 2.24) is 9.97 Å². The molecule has 0 atom stereocenters. The summed E-state index contributed by atoms with van der Waals surface area (Å²) < 4.78 is 0. The fraction of sp³-hybridized carbons (Fsp3) is 0.600. The van der Waals surface area contributed by atoms with Gasteiger partial charge in [0.15, 0.2) is 0 Å². The summed E-state index contributed by atoms with van der Waals surface area (Å²) in [4.78, 5) is 10.9. The Morgan fingerprint density at radius 1 is 1.43 bits per heavy atom. The Morgan fingerprint density at radius 2 is 2.14 bits per heavy atom. The van der Waals surface area contributed by atoms with Crippen LogP contribution in [0.2, 0.25) is 0 Å². The van der Waals surface area contributed by atoms with Gasteiger partial charge in [-0.05, 0) is 20.8 Å². The van der Waals surface area contributed by atoms with Crippen molar-refractivity contribution in [3.05, 3.63) is 17.6 Å². The number of aryl methyl sites for hydroxylation is 2. The van der Waals surface area contributed by atoms with E-state index in [2.05, 4.69) is 21.8 Å². The summed E-state index contributed by atoms with van der Waals surface area (Å²) in [5.74, 6) is 0.956. The van der Waals surface area contributed by atoms with Gasteiger partial charge in [0, 0.05) is 25.8 Å². The molecule has 0 bridgehead atoms. The second-order valence-electron chi connectivity index (χ2n) is 3.29. The Bertz CT molecular complexity index is 298. The predicted octanol–water partition coefficient (Wildman–Crippen LogP) is 0.878. The molecule has 1 aromatic rings. The van der Waals surface area contributed by atoms with E-state index in [0.717, 1.165) is 30.3 Å². The molecule has 0 aromatic carbocycles. The molecule has 0 fully saturated rings. The fourth-order valence-corrected chi connectivity index (χ4v) is 1.39. The molecule has 0 radical (unpaired) electrons. The first-order chi connectivity index (χ1) is 6.69. The van der Waals surface area contributed by atoms with Crippen LogP contribution in [0.15, 0.2) is 6.20 Å². The zero-order valence-corrected chi connectivity index (χ0v) is 9.12. The second-order valence-corrected chi connectivity index (χ2v) is 3.29. The maximum absolute atomic E-state index is 5.54. The van der Waals surface area contributed by atoms with Crippen molar-refractivity contribution < 1.29 is 0 Å². The summed E-state index contributed by atoms with van der Waals surface area (Å²) in [7, 11) is 0. The number of rotatable bonds is 4. The van der Waals surface area contributed by atoms with Crippen molar-refractivity contribution in [2.45, 2.75) is 20.8 Å². The number of nitrogens with zero attached hydrogens (tertiary/aromatic N) is 3. The van der Waals surface area contributed by atoms with Gasteiger partial charge >= 0.3 is 0 Å². The molecule has 14 heavy (non-hydrogen) atoms. The van der Waals surface area contributed by atoms with Crippen LogP contribution >= 0.6 is 0 Å². The van der Waals surface area contributed by atoms with Gasteiger partial charge in [-0.2, -0.15) is 0 Å². The van der Waals surface area contributed by atoms with Gasteiger partial charge in [0.1, 0.15) is 5.82 Å². The maximum Gasteiger partial charge on any atom is 0.150 e. The van der Waals surface area contributed by atoms with E-state index in [0.29, 0.717) is 6.54 Å². The lowest BCUT2D eigenvalue weighted by Crippen LogP contribution is -2.30. The van der Waals surface area contributed by atoms with Crippen LogP contribution in [-0.4, -0.2) is 29.6 Å². The number of hydrogen-bond donors (Lipinski definition) is 1. The summed E-state index contributed by atoms with van der Waals surface area (Å²) in [5.41, 5.74) is 7.45. The van der Waals surface area contributed by atoms with Gasteiger partial charge in [-0.1, -0.05) is 0 Å². The van der Waals surface area contributed by atoms with Crippen molar-refractivity contribution in [2.75, 3.05) is 24.5 Å². The average molecular weight is 194 g/mol. The molecule has 0 saturated heterocycles. The molecule has 4 heteroatoms. The van der Waals surface area contributed by atoms with Crippen molar-refractivity contribution >= 4 is 5.82 Å². The SMILES string of the molecule is CCN(CCN)c1nc(C)cnc1C. The number of anilines is 1. The van der Waals surface area contributed by atoms with Crippen molar-refractivity contribution in [2.24, 2.45) is 5.73 Å². The summed E-state index contributed by atoms with van der Waals surface area (Å²) in [6.07, 6.45) is 1.79. The number of aromatic nitrogens is 2. The minimum Gasteiger partial charge on any atom is -0.354 e. The van der Waals surface area contributed by atoms with Crippen LogP contribution in [0.25, 0.3) is 0 Å². The van der Waals surface area contributed by atoms with Gasteiger partial charge in [0.25, 0.3) is 0 Å². The first-order valence-electron chi connectivity index (χ1n) is 4.94. The van der Waals surface area contributed by atoms with Gasteiger partial charge in [0.05, 0.1) is 11.4 Å². The quantitative estimate of drug-likeness (QED) is 0.773. The van der Waals surface area contributed by atoms with Gasteiger partial charge in [0.2, 0.25) is 0 Å². The fourth-order valence-electron chi connectivity index (χ4n) is 1.39. The molecule has 0 aliphatic rings. The van der Waals surface area contributed by atoms with Crippen LogP contribution in [0.4, 0.5) is 5.82 Å². The van der Waals surface area contributed by atoms with Crippen LogP contribution < -0.4 is 10.6 Å². The van der Waals surface area contributed by atoms with E-state index in [4.69, 9.17) is 5.73 Å². The molecule has 4 nitrogen and oxygen atoms in total. The van der Waals surface area contributed by atoms with E-state index in [1.165, 1.54) is 0 Å². The van der Waals surface area contributed by atoms with Gasteiger partial charge in [-0.15, -0.1) is 0 Å². The second kappa shape index (κ2) is 4.91. The highest BCUT2D eigenvalue weighted by atomic mass is 15.2. The highest BCUT2D eigenvalue weighted by molar-refractivity contribution is 5.42. The van der Waals surface area contributed by atoms with Crippen molar-refractivity contribution in [3.8, 4) is 0 Å². The normalized spacial score (nSPS) is 10.3. The Kier molecular flexibility index (Phi) is 3.83. The van der Waals surface area contributed by atoms with E-state index in [1.54, 1.807) is 6.20 Å². The average Bonchev–Trinajstić information content (AvgIpc) is 2.18. The topological polar surface area (TPSA) is 55.0 Å². The molecule has 1 aromatic heterocycles. The molecule has 0 unspecified atom stereocenters. The molecule has 0 amide bonds. The number of likely N-dealkylation sites (N-methyl/N-ethyl adjacent to an activating group) is 1. The summed E-state index contributed by atoms with van der Waals surface area (Å²) in [6, 6.07) is 0. The third-order valence-electron chi connectivity index (χ3n) is 2.13. The molecule has 0 spiro atoms.